The Morgan fingerprint density at radius 2 is 2.00 bits per heavy atom. The van der Waals surface area contributed by atoms with E-state index in [9.17, 15) is 8.42 Å². The molecule has 1 atom stereocenters. The lowest BCUT2D eigenvalue weighted by Gasteiger charge is -2.30. The summed E-state index contributed by atoms with van der Waals surface area (Å²) < 4.78 is 24.5. The van der Waals surface area contributed by atoms with Crippen molar-refractivity contribution in [2.24, 2.45) is 0 Å². The van der Waals surface area contributed by atoms with Crippen LogP contribution in [0.5, 0.6) is 0 Å². The first-order valence-electron chi connectivity index (χ1n) is 5.19. The molecular formula is C11H15NO2S2. The van der Waals surface area contributed by atoms with Gasteiger partial charge < -0.3 is 0 Å². The molecule has 0 spiro atoms. The zero-order chi connectivity index (χ0) is 11.6. The molecule has 0 bridgehead atoms. The molecule has 1 aromatic rings. The van der Waals surface area contributed by atoms with Crippen LogP contribution in [0.3, 0.4) is 0 Å². The largest absolute Gasteiger partial charge is 0.213 e. The van der Waals surface area contributed by atoms with Crippen molar-refractivity contribution < 1.29 is 8.42 Å². The van der Waals surface area contributed by atoms with Gasteiger partial charge in [0.15, 0.2) is 0 Å². The molecule has 16 heavy (non-hydrogen) atoms. The summed E-state index contributed by atoms with van der Waals surface area (Å²) in [6.07, 6.45) is 1.28. The third-order valence-corrected chi connectivity index (χ3v) is 5.18. The van der Waals surface area contributed by atoms with Crippen molar-refractivity contribution in [3.05, 3.63) is 35.9 Å². The number of sulfonamides is 1. The predicted octanol–water partition coefficient (Wildman–Crippen LogP) is 1.74. The van der Waals surface area contributed by atoms with E-state index >= 15 is 0 Å². The third kappa shape index (κ3) is 2.78. The quantitative estimate of drug-likeness (QED) is 0.810. The number of hydrogen-bond donors (Lipinski definition) is 0. The molecule has 88 valence electrons. The second-order valence-corrected chi connectivity index (χ2v) is 7.18. The molecular weight excluding hydrogens is 242 g/mol. The van der Waals surface area contributed by atoms with Crippen molar-refractivity contribution in [3.63, 3.8) is 0 Å². The smallest absolute Gasteiger partial charge is 0.211 e. The Hall–Kier alpha value is -0.520. The highest BCUT2D eigenvalue weighted by Gasteiger charge is 2.26. The summed E-state index contributed by atoms with van der Waals surface area (Å²) in [5, 5.41) is 0.268. The first-order chi connectivity index (χ1) is 7.57. The molecule has 1 aliphatic rings. The average Bonchev–Trinajstić information content (AvgIpc) is 2.29. The van der Waals surface area contributed by atoms with Crippen LogP contribution in [0, 0.1) is 0 Å². The SMILES string of the molecule is CS(=O)(=O)N1CCSC(c2ccccc2)C1. The van der Waals surface area contributed by atoms with Crippen LogP contribution in [0.1, 0.15) is 10.8 Å². The van der Waals surface area contributed by atoms with Crippen molar-refractivity contribution >= 4 is 21.8 Å². The summed E-state index contributed by atoms with van der Waals surface area (Å²) >= 11 is 1.83. The molecule has 0 aromatic heterocycles. The summed E-state index contributed by atoms with van der Waals surface area (Å²) in [5.41, 5.74) is 1.21. The Labute approximate surface area is 101 Å². The molecule has 1 unspecified atom stereocenters. The van der Waals surface area contributed by atoms with E-state index in [0.717, 1.165) is 5.75 Å². The lowest BCUT2D eigenvalue weighted by molar-refractivity contribution is 0.425. The lowest BCUT2D eigenvalue weighted by Crippen LogP contribution is -2.38. The summed E-state index contributed by atoms with van der Waals surface area (Å²) in [6.45, 7) is 1.22. The fourth-order valence-corrected chi connectivity index (χ4v) is 4.09. The van der Waals surface area contributed by atoms with Crippen LogP contribution < -0.4 is 0 Å². The minimum Gasteiger partial charge on any atom is -0.213 e. The number of benzene rings is 1. The highest BCUT2D eigenvalue weighted by molar-refractivity contribution is 7.99. The maximum absolute atomic E-state index is 11.5. The zero-order valence-electron chi connectivity index (χ0n) is 9.17. The Morgan fingerprint density at radius 1 is 1.31 bits per heavy atom. The van der Waals surface area contributed by atoms with Gasteiger partial charge in [0.2, 0.25) is 10.0 Å². The molecule has 1 fully saturated rings. The Morgan fingerprint density at radius 3 is 2.62 bits per heavy atom. The van der Waals surface area contributed by atoms with E-state index in [1.807, 2.05) is 30.0 Å². The maximum atomic E-state index is 11.5. The highest BCUT2D eigenvalue weighted by Crippen LogP contribution is 2.33. The van der Waals surface area contributed by atoms with Crippen LogP contribution >= 0.6 is 11.8 Å². The normalized spacial score (nSPS) is 23.2. The Balaban J connectivity index is 2.14. The number of rotatable bonds is 2. The number of hydrogen-bond acceptors (Lipinski definition) is 3. The molecule has 1 heterocycles. The van der Waals surface area contributed by atoms with Gasteiger partial charge in [-0.25, -0.2) is 8.42 Å². The van der Waals surface area contributed by atoms with Crippen LogP contribution in [-0.4, -0.2) is 37.8 Å². The van der Waals surface area contributed by atoms with Crippen LogP contribution in [-0.2, 0) is 10.0 Å². The van der Waals surface area contributed by atoms with Crippen molar-refractivity contribution in [2.45, 2.75) is 5.25 Å². The first-order valence-corrected chi connectivity index (χ1v) is 8.09. The van der Waals surface area contributed by atoms with E-state index in [-0.39, 0.29) is 5.25 Å². The maximum Gasteiger partial charge on any atom is 0.211 e. The van der Waals surface area contributed by atoms with Gasteiger partial charge in [-0.15, -0.1) is 0 Å². The lowest BCUT2D eigenvalue weighted by atomic mass is 10.1. The van der Waals surface area contributed by atoms with Crippen LogP contribution in [0.15, 0.2) is 30.3 Å². The van der Waals surface area contributed by atoms with Gasteiger partial charge in [0, 0.05) is 24.1 Å². The van der Waals surface area contributed by atoms with Gasteiger partial charge in [0.25, 0.3) is 0 Å². The van der Waals surface area contributed by atoms with Crippen molar-refractivity contribution in [1.82, 2.24) is 4.31 Å². The second kappa shape index (κ2) is 4.77. The minimum atomic E-state index is -3.05. The molecule has 0 radical (unpaired) electrons. The average molecular weight is 257 g/mol. The molecule has 1 aromatic carbocycles. The van der Waals surface area contributed by atoms with Crippen LogP contribution in [0.4, 0.5) is 0 Å². The van der Waals surface area contributed by atoms with Crippen molar-refractivity contribution in [2.75, 3.05) is 25.1 Å². The van der Waals surface area contributed by atoms with Crippen LogP contribution in [0.25, 0.3) is 0 Å². The molecule has 3 nitrogen and oxygen atoms in total. The molecule has 0 saturated carbocycles. The molecule has 2 rings (SSSR count). The summed E-state index contributed by atoms with van der Waals surface area (Å²) in [7, 11) is -3.05. The summed E-state index contributed by atoms with van der Waals surface area (Å²) in [5.74, 6) is 0.868. The first kappa shape index (κ1) is 12.0. The van der Waals surface area contributed by atoms with Gasteiger partial charge in [0.1, 0.15) is 0 Å². The molecule has 1 aliphatic heterocycles. The molecule has 0 aliphatic carbocycles. The topological polar surface area (TPSA) is 37.4 Å². The Bertz CT molecular complexity index is 444. The van der Waals surface area contributed by atoms with Gasteiger partial charge >= 0.3 is 0 Å². The van der Waals surface area contributed by atoms with Gasteiger partial charge in [-0.05, 0) is 5.56 Å². The minimum absolute atomic E-state index is 0.268. The van der Waals surface area contributed by atoms with E-state index < -0.39 is 10.0 Å². The zero-order valence-corrected chi connectivity index (χ0v) is 10.8. The number of nitrogens with zero attached hydrogens (tertiary/aromatic N) is 1. The fraction of sp³-hybridized carbons (Fsp3) is 0.455. The van der Waals surface area contributed by atoms with E-state index in [0.29, 0.717) is 13.1 Å². The second-order valence-electron chi connectivity index (χ2n) is 3.89. The molecule has 5 heteroatoms. The summed E-state index contributed by atoms with van der Waals surface area (Å²) in [6, 6.07) is 10.1. The predicted molar refractivity (Wildman–Crippen MR) is 68.1 cm³/mol. The molecule has 0 N–H and O–H groups in total. The standard InChI is InChI=1S/C11H15NO2S2/c1-16(13,14)12-7-8-15-11(9-12)10-5-3-2-4-6-10/h2-6,11H,7-9H2,1H3. The Kier molecular flexibility index (Phi) is 3.56. The molecule has 1 saturated heterocycles. The summed E-state index contributed by atoms with van der Waals surface area (Å²) in [4.78, 5) is 0. The van der Waals surface area contributed by atoms with E-state index in [1.165, 1.54) is 11.8 Å². The number of thioether (sulfide) groups is 1. The van der Waals surface area contributed by atoms with Gasteiger partial charge in [-0.2, -0.15) is 16.1 Å². The van der Waals surface area contributed by atoms with E-state index in [2.05, 4.69) is 12.1 Å². The molecule has 0 amide bonds. The van der Waals surface area contributed by atoms with Crippen molar-refractivity contribution in [1.29, 1.82) is 0 Å². The monoisotopic (exact) mass is 257 g/mol. The van der Waals surface area contributed by atoms with Gasteiger partial charge in [-0.3, -0.25) is 0 Å². The van der Waals surface area contributed by atoms with E-state index in [4.69, 9.17) is 0 Å². The third-order valence-electron chi connectivity index (χ3n) is 2.67. The van der Waals surface area contributed by atoms with E-state index in [1.54, 1.807) is 4.31 Å². The highest BCUT2D eigenvalue weighted by atomic mass is 32.2. The van der Waals surface area contributed by atoms with Gasteiger partial charge in [0.05, 0.1) is 6.26 Å². The fourth-order valence-electron chi connectivity index (χ4n) is 1.80. The van der Waals surface area contributed by atoms with Gasteiger partial charge in [-0.1, -0.05) is 30.3 Å². The van der Waals surface area contributed by atoms with Crippen molar-refractivity contribution in [3.8, 4) is 0 Å². The van der Waals surface area contributed by atoms with Crippen LogP contribution in [0.2, 0.25) is 0 Å².